The van der Waals surface area contributed by atoms with E-state index in [1.165, 1.54) is 5.56 Å². The fourth-order valence-corrected chi connectivity index (χ4v) is 3.96. The number of carbonyl (C=O) groups excluding carboxylic acids is 1. The molecule has 0 radical (unpaired) electrons. The van der Waals surface area contributed by atoms with Crippen molar-refractivity contribution in [2.24, 2.45) is 0 Å². The van der Waals surface area contributed by atoms with Gasteiger partial charge in [-0.25, -0.2) is 4.98 Å². The molecule has 2 aromatic carbocycles. The molecule has 1 saturated heterocycles. The average molecular weight is 407 g/mol. The number of nitrogens with one attached hydrogen (secondary N) is 1. The molecule has 0 spiro atoms. The van der Waals surface area contributed by atoms with Gasteiger partial charge < -0.3 is 14.6 Å². The molecule has 1 aliphatic rings. The predicted molar refractivity (Wildman–Crippen MR) is 118 cm³/mol. The lowest BCUT2D eigenvalue weighted by molar-refractivity contribution is -0.133. The number of rotatable bonds is 8. The Morgan fingerprint density at radius 2 is 1.83 bits per heavy atom. The molecule has 0 saturated carbocycles. The SMILES string of the molecule is CCOc1ccc(CN2CCN(C(=O)CCCc3nc4ccccc4[nH]3)CC2)cc1. The van der Waals surface area contributed by atoms with E-state index in [9.17, 15) is 4.79 Å². The zero-order valence-corrected chi connectivity index (χ0v) is 17.6. The molecule has 0 bridgehead atoms. The summed E-state index contributed by atoms with van der Waals surface area (Å²) in [5.41, 5.74) is 3.33. The van der Waals surface area contributed by atoms with Crippen molar-refractivity contribution >= 4 is 16.9 Å². The third-order valence-electron chi connectivity index (χ3n) is 5.61. The number of piperazine rings is 1. The van der Waals surface area contributed by atoms with E-state index in [0.717, 1.165) is 68.2 Å². The molecule has 1 N–H and O–H groups in total. The Labute approximate surface area is 177 Å². The number of aryl methyl sites for hydroxylation is 1. The summed E-state index contributed by atoms with van der Waals surface area (Å²) in [6.45, 7) is 7.05. The number of aromatic amines is 1. The Hall–Kier alpha value is -2.86. The molecule has 6 nitrogen and oxygen atoms in total. The molecular formula is C24H30N4O2. The van der Waals surface area contributed by atoms with Gasteiger partial charge in [0.2, 0.25) is 5.91 Å². The molecule has 158 valence electrons. The molecule has 0 unspecified atom stereocenters. The first-order valence-corrected chi connectivity index (χ1v) is 10.9. The van der Waals surface area contributed by atoms with Gasteiger partial charge in [0, 0.05) is 45.6 Å². The summed E-state index contributed by atoms with van der Waals surface area (Å²) in [5, 5.41) is 0. The average Bonchev–Trinajstić information content (AvgIpc) is 3.18. The molecule has 30 heavy (non-hydrogen) atoms. The first-order chi connectivity index (χ1) is 14.7. The van der Waals surface area contributed by atoms with Gasteiger partial charge in [-0.3, -0.25) is 9.69 Å². The van der Waals surface area contributed by atoms with Crippen molar-refractivity contribution in [1.82, 2.24) is 19.8 Å². The van der Waals surface area contributed by atoms with Gasteiger partial charge in [-0.2, -0.15) is 0 Å². The van der Waals surface area contributed by atoms with Crippen LogP contribution in [0.1, 0.15) is 31.2 Å². The highest BCUT2D eigenvalue weighted by atomic mass is 16.5. The van der Waals surface area contributed by atoms with Crippen LogP contribution in [-0.2, 0) is 17.8 Å². The van der Waals surface area contributed by atoms with Gasteiger partial charge in [-0.15, -0.1) is 0 Å². The van der Waals surface area contributed by atoms with Gasteiger partial charge in [-0.05, 0) is 43.2 Å². The molecule has 4 rings (SSSR count). The third kappa shape index (κ3) is 5.19. The number of hydrogen-bond acceptors (Lipinski definition) is 4. The second-order valence-corrected chi connectivity index (χ2v) is 7.79. The number of aromatic nitrogens is 2. The van der Waals surface area contributed by atoms with Crippen LogP contribution in [0.5, 0.6) is 5.75 Å². The maximum Gasteiger partial charge on any atom is 0.222 e. The second-order valence-electron chi connectivity index (χ2n) is 7.79. The number of hydrogen-bond donors (Lipinski definition) is 1. The highest BCUT2D eigenvalue weighted by molar-refractivity contribution is 5.76. The number of nitrogens with zero attached hydrogens (tertiary/aromatic N) is 3. The van der Waals surface area contributed by atoms with Crippen LogP contribution >= 0.6 is 0 Å². The summed E-state index contributed by atoms with van der Waals surface area (Å²) in [6, 6.07) is 16.3. The number of benzene rings is 2. The Balaban J connectivity index is 1.18. The van der Waals surface area contributed by atoms with Gasteiger partial charge in [0.25, 0.3) is 0 Å². The summed E-state index contributed by atoms with van der Waals surface area (Å²) in [6.07, 6.45) is 2.21. The van der Waals surface area contributed by atoms with E-state index < -0.39 is 0 Å². The summed E-state index contributed by atoms with van der Waals surface area (Å²) in [5.74, 6) is 2.13. The molecule has 2 heterocycles. The lowest BCUT2D eigenvalue weighted by Crippen LogP contribution is -2.48. The van der Waals surface area contributed by atoms with Crippen LogP contribution < -0.4 is 4.74 Å². The summed E-state index contributed by atoms with van der Waals surface area (Å²) < 4.78 is 5.50. The number of carbonyl (C=O) groups is 1. The van der Waals surface area contributed by atoms with Crippen molar-refractivity contribution < 1.29 is 9.53 Å². The maximum absolute atomic E-state index is 12.6. The fourth-order valence-electron chi connectivity index (χ4n) is 3.96. The molecule has 0 aliphatic carbocycles. The van der Waals surface area contributed by atoms with E-state index in [0.29, 0.717) is 13.0 Å². The van der Waals surface area contributed by atoms with Crippen LogP contribution in [0.3, 0.4) is 0 Å². The highest BCUT2D eigenvalue weighted by Gasteiger charge is 2.20. The summed E-state index contributed by atoms with van der Waals surface area (Å²) in [7, 11) is 0. The van der Waals surface area contributed by atoms with E-state index in [1.54, 1.807) is 0 Å². The fraction of sp³-hybridized carbons (Fsp3) is 0.417. The number of imidazole rings is 1. The standard InChI is InChI=1S/C24H30N4O2/c1-2-30-20-12-10-19(11-13-20)18-27-14-16-28(17-15-27)24(29)9-5-8-23-25-21-6-3-4-7-22(21)26-23/h3-4,6-7,10-13H,2,5,8-9,14-18H2,1H3,(H,25,26). The smallest absolute Gasteiger partial charge is 0.222 e. The molecule has 1 aliphatic heterocycles. The van der Waals surface area contributed by atoms with E-state index >= 15 is 0 Å². The van der Waals surface area contributed by atoms with Gasteiger partial charge in [0.05, 0.1) is 17.6 Å². The lowest BCUT2D eigenvalue weighted by Gasteiger charge is -2.34. The van der Waals surface area contributed by atoms with Crippen LogP contribution in [0.25, 0.3) is 11.0 Å². The van der Waals surface area contributed by atoms with Crippen LogP contribution in [0.15, 0.2) is 48.5 Å². The van der Waals surface area contributed by atoms with Crippen molar-refractivity contribution in [2.75, 3.05) is 32.8 Å². The van der Waals surface area contributed by atoms with Crippen molar-refractivity contribution in [3.63, 3.8) is 0 Å². The zero-order chi connectivity index (χ0) is 20.8. The molecule has 0 atom stereocenters. The number of H-pyrrole nitrogens is 1. The molecule has 1 fully saturated rings. The second kappa shape index (κ2) is 9.76. The third-order valence-corrected chi connectivity index (χ3v) is 5.61. The van der Waals surface area contributed by atoms with Gasteiger partial charge in [0.15, 0.2) is 0 Å². The van der Waals surface area contributed by atoms with E-state index in [-0.39, 0.29) is 5.91 Å². The van der Waals surface area contributed by atoms with Gasteiger partial charge >= 0.3 is 0 Å². The Morgan fingerprint density at radius 3 is 2.57 bits per heavy atom. The van der Waals surface area contributed by atoms with E-state index in [4.69, 9.17) is 4.74 Å². The Morgan fingerprint density at radius 1 is 1.07 bits per heavy atom. The monoisotopic (exact) mass is 406 g/mol. The number of fused-ring (bicyclic) bond motifs is 1. The van der Waals surface area contributed by atoms with Crippen molar-refractivity contribution in [2.45, 2.75) is 32.7 Å². The Bertz CT molecular complexity index is 926. The lowest BCUT2D eigenvalue weighted by atomic mass is 10.1. The molecule has 6 heteroatoms. The van der Waals surface area contributed by atoms with Crippen LogP contribution in [0, 0.1) is 0 Å². The number of ether oxygens (including phenoxy) is 1. The Kier molecular flexibility index (Phi) is 6.64. The maximum atomic E-state index is 12.6. The molecule has 3 aromatic rings. The largest absolute Gasteiger partial charge is 0.494 e. The number of amides is 1. The van der Waals surface area contributed by atoms with Crippen molar-refractivity contribution in [3.05, 3.63) is 59.9 Å². The molecular weight excluding hydrogens is 376 g/mol. The summed E-state index contributed by atoms with van der Waals surface area (Å²) in [4.78, 5) is 24.9. The van der Waals surface area contributed by atoms with Gasteiger partial charge in [-0.1, -0.05) is 24.3 Å². The van der Waals surface area contributed by atoms with Gasteiger partial charge in [0.1, 0.15) is 11.6 Å². The minimum absolute atomic E-state index is 0.256. The first kappa shape index (κ1) is 20.4. The number of para-hydroxylation sites is 2. The highest BCUT2D eigenvalue weighted by Crippen LogP contribution is 2.16. The zero-order valence-electron chi connectivity index (χ0n) is 17.6. The van der Waals surface area contributed by atoms with E-state index in [2.05, 4.69) is 27.0 Å². The minimum Gasteiger partial charge on any atom is -0.494 e. The molecule has 1 aromatic heterocycles. The quantitative estimate of drug-likeness (QED) is 0.621. The minimum atomic E-state index is 0.256. The van der Waals surface area contributed by atoms with E-state index in [1.807, 2.05) is 48.2 Å². The van der Waals surface area contributed by atoms with Crippen LogP contribution in [0.2, 0.25) is 0 Å². The normalized spacial score (nSPS) is 14.9. The predicted octanol–water partition coefficient (Wildman–Crippen LogP) is 3.63. The summed E-state index contributed by atoms with van der Waals surface area (Å²) >= 11 is 0. The first-order valence-electron chi connectivity index (χ1n) is 10.9. The van der Waals surface area contributed by atoms with Crippen molar-refractivity contribution in [1.29, 1.82) is 0 Å². The molecule has 1 amide bonds. The van der Waals surface area contributed by atoms with Crippen LogP contribution in [-0.4, -0.2) is 58.5 Å². The van der Waals surface area contributed by atoms with Crippen molar-refractivity contribution in [3.8, 4) is 5.75 Å². The van der Waals surface area contributed by atoms with Crippen LogP contribution in [0.4, 0.5) is 0 Å². The topological polar surface area (TPSA) is 61.5 Å².